The van der Waals surface area contributed by atoms with E-state index in [0.29, 0.717) is 17.7 Å². The van der Waals surface area contributed by atoms with E-state index >= 15 is 0 Å². The smallest absolute Gasteiger partial charge is 0.306 e. The summed E-state index contributed by atoms with van der Waals surface area (Å²) in [6, 6.07) is 0.553. The van der Waals surface area contributed by atoms with Gasteiger partial charge >= 0.3 is 5.97 Å². The molecular formula is C14H25NO3S. The monoisotopic (exact) mass is 287 g/mol. The summed E-state index contributed by atoms with van der Waals surface area (Å²) >= 11 is 1.97. The van der Waals surface area contributed by atoms with E-state index in [1.165, 1.54) is 7.11 Å². The molecule has 0 amide bonds. The molecule has 2 unspecified atom stereocenters. The lowest BCUT2D eigenvalue weighted by Crippen LogP contribution is -2.45. The van der Waals surface area contributed by atoms with Crippen LogP contribution in [-0.2, 0) is 14.3 Å². The number of esters is 1. The highest BCUT2D eigenvalue weighted by atomic mass is 32.2. The fourth-order valence-electron chi connectivity index (χ4n) is 2.58. The molecule has 19 heavy (non-hydrogen) atoms. The van der Waals surface area contributed by atoms with Crippen LogP contribution < -0.4 is 5.32 Å². The molecule has 0 aromatic rings. The summed E-state index contributed by atoms with van der Waals surface area (Å²) in [6.07, 6.45) is 3.99. The normalized spacial score (nSPS) is 28.9. The second-order valence-corrected chi connectivity index (χ2v) is 6.86. The first-order valence-electron chi connectivity index (χ1n) is 7.19. The molecule has 0 radical (unpaired) electrons. The van der Waals surface area contributed by atoms with E-state index < -0.39 is 0 Å². The van der Waals surface area contributed by atoms with Crippen LogP contribution in [0.3, 0.4) is 0 Å². The van der Waals surface area contributed by atoms with E-state index in [2.05, 4.69) is 12.2 Å². The fraction of sp³-hybridized carbons (Fsp3) is 0.929. The van der Waals surface area contributed by atoms with Gasteiger partial charge in [0.25, 0.3) is 0 Å². The Morgan fingerprint density at radius 3 is 2.95 bits per heavy atom. The number of nitrogens with one attached hydrogen (secondary N) is 1. The Balaban J connectivity index is 1.78. The first-order valence-corrected chi connectivity index (χ1v) is 8.23. The Labute approximate surface area is 120 Å². The van der Waals surface area contributed by atoms with Crippen LogP contribution in [0.2, 0.25) is 0 Å². The summed E-state index contributed by atoms with van der Waals surface area (Å²) in [5, 5.41) is 4.07. The predicted molar refractivity (Wildman–Crippen MR) is 77.4 cm³/mol. The van der Waals surface area contributed by atoms with Crippen molar-refractivity contribution in [1.29, 1.82) is 0 Å². The van der Waals surface area contributed by atoms with Crippen molar-refractivity contribution in [1.82, 2.24) is 5.32 Å². The standard InChI is InChI=1S/C14H25NO3S/c1-3-15-11-4-7-18-9-12(11)19-10-14(5-6-14)8-13(16)17-2/h11-12,15H,3-10H2,1-2H3. The van der Waals surface area contributed by atoms with Crippen LogP contribution in [0.4, 0.5) is 0 Å². The molecule has 0 bridgehead atoms. The van der Waals surface area contributed by atoms with Gasteiger partial charge in [-0.15, -0.1) is 0 Å². The van der Waals surface area contributed by atoms with Crippen molar-refractivity contribution in [3.05, 3.63) is 0 Å². The molecular weight excluding hydrogens is 262 g/mol. The first-order chi connectivity index (χ1) is 9.19. The highest BCUT2D eigenvalue weighted by Crippen LogP contribution is 2.52. The van der Waals surface area contributed by atoms with Crippen molar-refractivity contribution in [2.45, 2.75) is 43.9 Å². The van der Waals surface area contributed by atoms with Gasteiger partial charge in [0.2, 0.25) is 0 Å². The molecule has 110 valence electrons. The zero-order valence-electron chi connectivity index (χ0n) is 11.9. The number of rotatable bonds is 7. The first kappa shape index (κ1) is 15.1. The molecule has 4 nitrogen and oxygen atoms in total. The van der Waals surface area contributed by atoms with Crippen LogP contribution in [0, 0.1) is 5.41 Å². The van der Waals surface area contributed by atoms with Gasteiger partial charge in [-0.1, -0.05) is 6.92 Å². The van der Waals surface area contributed by atoms with Crippen molar-refractivity contribution in [2.24, 2.45) is 5.41 Å². The third-order valence-corrected chi connectivity index (χ3v) is 5.75. The SMILES string of the molecule is CCNC1CCOCC1SCC1(CC(=O)OC)CC1. The average Bonchev–Trinajstić information content (AvgIpc) is 3.18. The summed E-state index contributed by atoms with van der Waals surface area (Å²) in [7, 11) is 1.47. The molecule has 1 aliphatic carbocycles. The summed E-state index contributed by atoms with van der Waals surface area (Å²) in [5.74, 6) is 0.985. The largest absolute Gasteiger partial charge is 0.469 e. The molecule has 1 saturated carbocycles. The minimum absolute atomic E-state index is 0.0683. The minimum Gasteiger partial charge on any atom is -0.469 e. The van der Waals surface area contributed by atoms with E-state index in [0.717, 1.165) is 44.8 Å². The number of thioether (sulfide) groups is 1. The zero-order valence-corrected chi connectivity index (χ0v) is 12.8. The third kappa shape index (κ3) is 4.36. The van der Waals surface area contributed by atoms with E-state index in [4.69, 9.17) is 9.47 Å². The van der Waals surface area contributed by atoms with Gasteiger partial charge in [-0.2, -0.15) is 11.8 Å². The zero-order chi connectivity index (χ0) is 13.7. The fourth-order valence-corrected chi connectivity index (χ4v) is 4.20. The molecule has 2 fully saturated rings. The van der Waals surface area contributed by atoms with Gasteiger partial charge < -0.3 is 14.8 Å². The maximum atomic E-state index is 11.4. The lowest BCUT2D eigenvalue weighted by atomic mass is 10.1. The molecule has 1 heterocycles. The predicted octanol–water partition coefficient (Wildman–Crippen LogP) is 1.83. The van der Waals surface area contributed by atoms with Crippen molar-refractivity contribution >= 4 is 17.7 Å². The van der Waals surface area contributed by atoms with Crippen molar-refractivity contribution < 1.29 is 14.3 Å². The lowest BCUT2D eigenvalue weighted by molar-refractivity contribution is -0.141. The molecule has 0 spiro atoms. The number of carbonyl (C=O) groups excluding carboxylic acids is 1. The number of carbonyl (C=O) groups is 1. The van der Waals surface area contributed by atoms with Gasteiger partial charge in [0.1, 0.15) is 0 Å². The number of methoxy groups -OCH3 is 1. The molecule has 2 aliphatic rings. The van der Waals surface area contributed by atoms with Crippen molar-refractivity contribution in [2.75, 3.05) is 32.6 Å². The van der Waals surface area contributed by atoms with Crippen molar-refractivity contribution in [3.8, 4) is 0 Å². The molecule has 5 heteroatoms. The van der Waals surface area contributed by atoms with Crippen LogP contribution in [0.15, 0.2) is 0 Å². The van der Waals surface area contributed by atoms with Crippen LogP contribution in [-0.4, -0.2) is 49.9 Å². The van der Waals surface area contributed by atoms with Gasteiger partial charge in [0.05, 0.1) is 20.1 Å². The average molecular weight is 287 g/mol. The number of ether oxygens (including phenoxy) is 2. The van der Waals surface area contributed by atoms with E-state index in [1.54, 1.807) is 0 Å². The highest BCUT2D eigenvalue weighted by molar-refractivity contribution is 8.00. The van der Waals surface area contributed by atoms with Crippen LogP contribution in [0.1, 0.15) is 32.6 Å². The minimum atomic E-state index is -0.0683. The second-order valence-electron chi connectivity index (χ2n) is 5.63. The van der Waals surface area contributed by atoms with E-state index in [-0.39, 0.29) is 11.4 Å². The Bertz CT molecular complexity index is 305. The van der Waals surface area contributed by atoms with Gasteiger partial charge in [0.15, 0.2) is 0 Å². The quantitative estimate of drug-likeness (QED) is 0.724. The Morgan fingerprint density at radius 2 is 2.32 bits per heavy atom. The number of hydrogen-bond donors (Lipinski definition) is 1. The maximum Gasteiger partial charge on any atom is 0.306 e. The summed E-state index contributed by atoms with van der Waals surface area (Å²) in [5.41, 5.74) is 0.214. The second kappa shape index (κ2) is 6.95. The highest BCUT2D eigenvalue weighted by Gasteiger charge is 2.45. The molecule has 1 saturated heterocycles. The molecule has 0 aromatic heterocycles. The molecule has 2 atom stereocenters. The van der Waals surface area contributed by atoms with Crippen LogP contribution >= 0.6 is 11.8 Å². The summed E-state index contributed by atoms with van der Waals surface area (Å²) in [6.45, 7) is 4.85. The Kier molecular flexibility index (Phi) is 5.54. The molecule has 1 aliphatic heterocycles. The van der Waals surface area contributed by atoms with Crippen LogP contribution in [0.5, 0.6) is 0 Å². The Hall–Kier alpha value is -0.260. The topological polar surface area (TPSA) is 47.6 Å². The van der Waals surface area contributed by atoms with E-state index in [9.17, 15) is 4.79 Å². The summed E-state index contributed by atoms with van der Waals surface area (Å²) in [4.78, 5) is 11.4. The third-order valence-electron chi connectivity index (χ3n) is 4.08. The van der Waals surface area contributed by atoms with Gasteiger partial charge in [-0.3, -0.25) is 4.79 Å². The van der Waals surface area contributed by atoms with Crippen molar-refractivity contribution in [3.63, 3.8) is 0 Å². The van der Waals surface area contributed by atoms with Crippen LogP contribution in [0.25, 0.3) is 0 Å². The molecule has 2 rings (SSSR count). The van der Waals surface area contributed by atoms with E-state index in [1.807, 2.05) is 11.8 Å². The lowest BCUT2D eigenvalue weighted by Gasteiger charge is -2.32. The van der Waals surface area contributed by atoms with Gasteiger partial charge in [-0.25, -0.2) is 0 Å². The molecule has 1 N–H and O–H groups in total. The van der Waals surface area contributed by atoms with Gasteiger partial charge in [-0.05, 0) is 37.0 Å². The van der Waals surface area contributed by atoms with Gasteiger partial charge in [0, 0.05) is 17.9 Å². The number of hydrogen-bond acceptors (Lipinski definition) is 5. The molecule has 0 aromatic carbocycles. The summed E-state index contributed by atoms with van der Waals surface area (Å²) < 4.78 is 10.4. The maximum absolute atomic E-state index is 11.4. The Morgan fingerprint density at radius 1 is 1.53 bits per heavy atom.